The molecule has 9 rings (SSSR count). The number of nitrogens with two attached hydrogens (primary N) is 1. The molecule has 21 heteroatoms. The number of piperidine rings is 2. The van der Waals surface area contributed by atoms with Gasteiger partial charge in [-0.25, -0.2) is 19.2 Å². The van der Waals surface area contributed by atoms with E-state index in [1.807, 2.05) is 25.1 Å². The number of hydrogen-bond donors (Lipinski definition) is 3. The second-order valence-corrected chi connectivity index (χ2v) is 23.5. The fourth-order valence-corrected chi connectivity index (χ4v) is 12.8. The number of urea groups is 1. The van der Waals surface area contributed by atoms with Crippen molar-refractivity contribution in [1.29, 1.82) is 0 Å². The molecule has 5 aliphatic heterocycles. The second kappa shape index (κ2) is 27.9. The first-order chi connectivity index (χ1) is 41.4. The van der Waals surface area contributed by atoms with Crippen molar-refractivity contribution < 1.29 is 62.1 Å². The van der Waals surface area contributed by atoms with E-state index in [0.29, 0.717) is 73.8 Å². The van der Waals surface area contributed by atoms with E-state index in [0.717, 1.165) is 58.3 Å². The van der Waals surface area contributed by atoms with Crippen LogP contribution in [0.2, 0.25) is 0 Å². The van der Waals surface area contributed by atoms with Crippen LogP contribution in [-0.2, 0) is 81.2 Å². The van der Waals surface area contributed by atoms with E-state index in [9.17, 15) is 47.9 Å². The van der Waals surface area contributed by atoms with Crippen molar-refractivity contribution in [1.82, 2.24) is 29.9 Å². The number of aryl methyl sites for hydroxylation is 1. The molecule has 0 aliphatic carbocycles. The Bertz CT molecular complexity index is 3340. The van der Waals surface area contributed by atoms with Crippen LogP contribution in [0, 0.1) is 11.8 Å². The van der Waals surface area contributed by atoms with Gasteiger partial charge in [0, 0.05) is 80.7 Å². The Labute approximate surface area is 500 Å². The minimum Gasteiger partial charge on any atom is -0.457 e. The van der Waals surface area contributed by atoms with E-state index in [1.165, 1.54) is 31.4 Å². The van der Waals surface area contributed by atoms with E-state index in [2.05, 4.69) is 15.5 Å². The van der Waals surface area contributed by atoms with Gasteiger partial charge in [-0.15, -0.1) is 0 Å². The number of aromatic nitrogens is 1. The first kappa shape index (κ1) is 62.3. The SMILES string of the molecule is CCc1c2c(cc3ccc(OC(=O)N4CCC(N5CCCCC5)CC4)cc13)-c1cc3c(c(=O)n1C2)COC(=O)[C@]3(CC)OC(=O)OCc1ccc(CC(=O)[C@H](CCCNC(N)=O)CC(=O)[C@@H](NC(=O)CCCCCN2C(=O)C=CC2=O)C(C)C)cc1. The third-order valence-electron chi connectivity index (χ3n) is 17.6. The lowest BCUT2D eigenvalue weighted by Gasteiger charge is -2.39. The summed E-state index contributed by atoms with van der Waals surface area (Å²) in [7, 11) is 0. The first-order valence-corrected chi connectivity index (χ1v) is 30.5. The number of rotatable bonds is 25. The van der Waals surface area contributed by atoms with Gasteiger partial charge in [0.05, 0.1) is 23.8 Å². The van der Waals surface area contributed by atoms with Crippen molar-refractivity contribution in [3.63, 3.8) is 0 Å². The zero-order valence-electron chi connectivity index (χ0n) is 49.7. The summed E-state index contributed by atoms with van der Waals surface area (Å²) in [5.41, 5.74) is 7.68. The number of ether oxygens (including phenoxy) is 4. The summed E-state index contributed by atoms with van der Waals surface area (Å²) in [6, 6.07) is 15.0. The number of hydrogen-bond acceptors (Lipinski definition) is 15. The number of likely N-dealkylation sites (tertiary alicyclic amines) is 2. The van der Waals surface area contributed by atoms with Crippen molar-refractivity contribution in [2.75, 3.05) is 39.3 Å². The average molecular weight is 1180 g/mol. The Kier molecular flexibility index (Phi) is 20.2. The van der Waals surface area contributed by atoms with E-state index in [-0.39, 0.29) is 123 Å². The van der Waals surface area contributed by atoms with Crippen LogP contribution in [0.5, 0.6) is 5.75 Å². The number of esters is 1. The maximum absolute atomic E-state index is 14.5. The van der Waals surface area contributed by atoms with Gasteiger partial charge < -0.3 is 49.7 Å². The number of cyclic esters (lactones) is 1. The number of fused-ring (bicyclic) bond motifs is 5. The Morgan fingerprint density at radius 2 is 1.53 bits per heavy atom. The molecule has 5 aliphatic rings. The van der Waals surface area contributed by atoms with Gasteiger partial charge in [-0.1, -0.05) is 70.9 Å². The number of nitrogens with one attached hydrogen (secondary N) is 2. The summed E-state index contributed by atoms with van der Waals surface area (Å²) in [5, 5.41) is 7.13. The summed E-state index contributed by atoms with van der Waals surface area (Å²) in [5.74, 6) is -3.04. The van der Waals surface area contributed by atoms with E-state index in [4.69, 9.17) is 24.7 Å². The molecule has 6 amide bonds. The molecule has 2 saturated heterocycles. The summed E-state index contributed by atoms with van der Waals surface area (Å²) >= 11 is 0. The molecule has 2 fully saturated rings. The molecule has 3 atom stereocenters. The molecule has 6 heterocycles. The third-order valence-corrected chi connectivity index (χ3v) is 17.6. The normalized spacial score (nSPS) is 18.3. The van der Waals surface area contributed by atoms with Crippen LogP contribution in [-0.4, -0.2) is 124 Å². The number of nitrogens with zero attached hydrogens (tertiary/aromatic N) is 4. The Morgan fingerprint density at radius 1 is 0.814 bits per heavy atom. The molecular weight excluding hydrogens is 1100 g/mol. The Balaban J connectivity index is 0.817. The van der Waals surface area contributed by atoms with Gasteiger partial charge in [-0.3, -0.25) is 33.7 Å². The van der Waals surface area contributed by atoms with Crippen LogP contribution >= 0.6 is 0 Å². The minimum absolute atomic E-state index is 0.0466. The largest absolute Gasteiger partial charge is 0.510 e. The van der Waals surface area contributed by atoms with E-state index in [1.54, 1.807) is 66.6 Å². The van der Waals surface area contributed by atoms with Gasteiger partial charge in [0.2, 0.25) is 11.5 Å². The molecule has 0 saturated carbocycles. The average Bonchev–Trinajstić information content (AvgIpc) is 1.46. The fourth-order valence-electron chi connectivity index (χ4n) is 12.8. The summed E-state index contributed by atoms with van der Waals surface area (Å²) in [6.07, 6.45) is 9.19. The monoisotopic (exact) mass is 1180 g/mol. The smallest absolute Gasteiger partial charge is 0.457 e. The molecule has 4 aromatic rings. The number of pyridine rings is 1. The summed E-state index contributed by atoms with van der Waals surface area (Å²) in [4.78, 5) is 137. The highest BCUT2D eigenvalue weighted by Crippen LogP contribution is 2.44. The number of unbranched alkanes of at least 4 members (excludes halogenated alkanes) is 2. The van der Waals surface area contributed by atoms with Crippen molar-refractivity contribution in [3.05, 3.63) is 110 Å². The third kappa shape index (κ3) is 14.2. The van der Waals surface area contributed by atoms with E-state index < -0.39 is 35.7 Å². The van der Waals surface area contributed by atoms with Gasteiger partial charge in [0.15, 0.2) is 5.78 Å². The number of primary amides is 1. The predicted octanol–water partition coefficient (Wildman–Crippen LogP) is 7.82. The van der Waals surface area contributed by atoms with Gasteiger partial charge in [0.1, 0.15) is 24.7 Å². The number of Topliss-reactive ketones (excluding diaryl/α,β-unsaturated/α-hetero) is 2. The lowest BCUT2D eigenvalue weighted by Crippen LogP contribution is -2.48. The standard InChI is InChI=1S/C65H79N7O14/c1-5-47-48-35-46(85-63(81)70-30-24-45(25-31-70)69-27-10-8-11-28-69)21-20-43(48)33-49-50(47)37-72-53(49)36-52-51(60(72)78)39-83-61(79)65(52,6-2)86-64(82)84-38-42-18-16-41(17-19-42)32-54(73)44(14-13-26-67-62(66)80)34-55(74)59(40(3)4)68-56(75)15-9-7-12-29-71-57(76)22-23-58(71)77/h16-23,33,35-36,40,44-45,59H,5-15,24-32,34,37-39H2,1-4H3,(H,68,75)(H3,66,67,80)/t44-,59+,65-/m1/s1. The van der Waals surface area contributed by atoms with Crippen LogP contribution in [0.4, 0.5) is 14.4 Å². The number of benzene rings is 3. The molecule has 86 heavy (non-hydrogen) atoms. The van der Waals surface area contributed by atoms with Gasteiger partial charge in [-0.2, -0.15) is 0 Å². The molecule has 21 nitrogen and oxygen atoms in total. The van der Waals surface area contributed by atoms with Gasteiger partial charge in [0.25, 0.3) is 17.4 Å². The molecule has 4 N–H and O–H groups in total. The molecule has 3 aromatic carbocycles. The highest BCUT2D eigenvalue weighted by molar-refractivity contribution is 6.12. The van der Waals surface area contributed by atoms with Gasteiger partial charge >= 0.3 is 24.2 Å². The first-order valence-electron chi connectivity index (χ1n) is 30.5. The Hall–Kier alpha value is -8.20. The molecule has 0 radical (unpaired) electrons. The van der Waals surface area contributed by atoms with E-state index >= 15 is 0 Å². The number of carbonyl (C=O) groups excluding carboxylic acids is 9. The van der Waals surface area contributed by atoms with Crippen molar-refractivity contribution in [2.24, 2.45) is 17.6 Å². The number of imide groups is 1. The fraction of sp³-hybridized carbons (Fsp3) is 0.508. The zero-order chi connectivity index (χ0) is 61.2. The molecule has 1 aromatic heterocycles. The zero-order valence-corrected chi connectivity index (χ0v) is 49.7. The molecule has 0 unspecified atom stereocenters. The molecular formula is C65H79N7O14. The van der Waals surface area contributed by atoms with Crippen molar-refractivity contribution in [2.45, 2.75) is 161 Å². The molecule has 0 spiro atoms. The van der Waals surface area contributed by atoms with Crippen molar-refractivity contribution in [3.8, 4) is 17.0 Å². The maximum atomic E-state index is 14.5. The number of ketones is 2. The molecule has 458 valence electrons. The second-order valence-electron chi connectivity index (χ2n) is 23.5. The highest BCUT2D eigenvalue weighted by Gasteiger charge is 2.51. The van der Waals surface area contributed by atoms with Crippen LogP contribution < -0.4 is 26.7 Å². The molecule has 0 bridgehead atoms. The maximum Gasteiger partial charge on any atom is 0.510 e. The Morgan fingerprint density at radius 3 is 2.22 bits per heavy atom. The highest BCUT2D eigenvalue weighted by atomic mass is 16.7. The van der Waals surface area contributed by atoms with Gasteiger partial charge in [-0.05, 0) is 141 Å². The van der Waals surface area contributed by atoms with Crippen LogP contribution in [0.1, 0.15) is 145 Å². The van der Waals surface area contributed by atoms with Crippen LogP contribution in [0.25, 0.3) is 22.0 Å². The number of carbonyl (C=O) groups is 9. The van der Waals surface area contributed by atoms with Crippen LogP contribution in [0.15, 0.2) is 71.5 Å². The lowest BCUT2D eigenvalue weighted by molar-refractivity contribution is -0.175. The van der Waals surface area contributed by atoms with Crippen LogP contribution in [0.3, 0.4) is 0 Å². The minimum atomic E-state index is -2.01. The summed E-state index contributed by atoms with van der Waals surface area (Å²) < 4.78 is 24.8. The predicted molar refractivity (Wildman–Crippen MR) is 317 cm³/mol. The van der Waals surface area contributed by atoms with Crippen molar-refractivity contribution >= 4 is 64.3 Å². The topological polar surface area (TPSA) is 272 Å². The quantitative estimate of drug-likeness (QED) is 0.0285. The lowest BCUT2D eigenvalue weighted by atomic mass is 9.85. The summed E-state index contributed by atoms with van der Waals surface area (Å²) in [6.45, 7) is 11.0. The number of amides is 6.